The number of nitrogens with one attached hydrogen (secondary N) is 3. The summed E-state index contributed by atoms with van der Waals surface area (Å²) < 4.78 is 5.06. The summed E-state index contributed by atoms with van der Waals surface area (Å²) in [5, 5.41) is 7.97. The fourth-order valence-electron chi connectivity index (χ4n) is 1.13. The highest BCUT2D eigenvalue weighted by Gasteiger charge is 2.04. The van der Waals surface area contributed by atoms with Crippen LogP contribution in [0.5, 0.6) is 0 Å². The van der Waals surface area contributed by atoms with Crippen LogP contribution in [0.3, 0.4) is 0 Å². The summed E-state index contributed by atoms with van der Waals surface area (Å²) in [6.45, 7) is 7.62. The van der Waals surface area contributed by atoms with E-state index in [4.69, 9.17) is 4.74 Å². The summed E-state index contributed by atoms with van der Waals surface area (Å²) in [5.74, 6) is -0.0605. The molecule has 0 rings (SSSR count). The van der Waals surface area contributed by atoms with Gasteiger partial charge in [0.2, 0.25) is 5.91 Å². The summed E-state index contributed by atoms with van der Waals surface area (Å²) in [6, 6.07) is -0.149. The maximum atomic E-state index is 11.2. The van der Waals surface area contributed by atoms with Gasteiger partial charge in [-0.05, 0) is 20.8 Å². The van der Waals surface area contributed by atoms with E-state index in [2.05, 4.69) is 16.0 Å². The predicted octanol–water partition coefficient (Wildman–Crippen LogP) is 0.237. The van der Waals surface area contributed by atoms with E-state index in [0.29, 0.717) is 26.3 Å². The zero-order chi connectivity index (χ0) is 13.1. The molecule has 3 N–H and O–H groups in total. The number of ether oxygens (including phenoxy) is 1. The predicted molar refractivity (Wildman–Crippen MR) is 65.8 cm³/mol. The van der Waals surface area contributed by atoms with Gasteiger partial charge in [0.1, 0.15) is 0 Å². The molecule has 17 heavy (non-hydrogen) atoms. The first-order valence-electron chi connectivity index (χ1n) is 5.95. The fourth-order valence-corrected chi connectivity index (χ4v) is 1.13. The summed E-state index contributed by atoms with van der Waals surface area (Å²) >= 11 is 0. The molecular weight excluding hydrogens is 222 g/mol. The van der Waals surface area contributed by atoms with Crippen molar-refractivity contribution in [3.8, 4) is 0 Å². The van der Waals surface area contributed by atoms with Crippen LogP contribution < -0.4 is 16.0 Å². The zero-order valence-electron chi connectivity index (χ0n) is 10.8. The normalized spacial score (nSPS) is 10.1. The van der Waals surface area contributed by atoms with Gasteiger partial charge in [-0.15, -0.1) is 0 Å². The van der Waals surface area contributed by atoms with Gasteiger partial charge in [-0.3, -0.25) is 4.79 Å². The van der Waals surface area contributed by atoms with Crippen LogP contribution in [-0.4, -0.2) is 44.3 Å². The van der Waals surface area contributed by atoms with Crippen molar-refractivity contribution in [1.82, 2.24) is 16.0 Å². The van der Waals surface area contributed by atoms with Crippen LogP contribution in [0, 0.1) is 0 Å². The maximum Gasteiger partial charge on any atom is 0.314 e. The molecule has 6 nitrogen and oxygen atoms in total. The molecule has 6 heteroatoms. The zero-order valence-corrected chi connectivity index (χ0v) is 10.8. The summed E-state index contributed by atoms with van der Waals surface area (Å²) in [4.78, 5) is 22.4. The van der Waals surface area contributed by atoms with Gasteiger partial charge < -0.3 is 20.7 Å². The third-order valence-electron chi connectivity index (χ3n) is 1.82. The highest BCUT2D eigenvalue weighted by atomic mass is 16.5. The Kier molecular flexibility index (Phi) is 9.14. The molecular formula is C11H23N3O3. The van der Waals surface area contributed by atoms with E-state index in [1.807, 2.05) is 20.8 Å². The van der Waals surface area contributed by atoms with Crippen molar-refractivity contribution in [3.05, 3.63) is 0 Å². The summed E-state index contributed by atoms with van der Waals surface area (Å²) in [6.07, 6.45) is 0.289. The molecule has 100 valence electrons. The van der Waals surface area contributed by atoms with E-state index in [1.54, 1.807) is 0 Å². The average Bonchev–Trinajstić information content (AvgIpc) is 2.23. The minimum Gasteiger partial charge on any atom is -0.380 e. The standard InChI is InChI=1S/C11H23N3O3/c1-4-17-8-7-13-11(16)12-6-5-10(15)14-9(2)3/h9H,4-8H2,1-3H3,(H,14,15)(H2,12,13,16). The van der Waals surface area contributed by atoms with Gasteiger partial charge >= 0.3 is 6.03 Å². The molecule has 0 saturated heterocycles. The highest BCUT2D eigenvalue weighted by Crippen LogP contribution is 1.82. The molecule has 0 saturated carbocycles. The van der Waals surface area contributed by atoms with Crippen LogP contribution in [0.4, 0.5) is 4.79 Å². The number of hydrogen-bond acceptors (Lipinski definition) is 3. The topological polar surface area (TPSA) is 79.5 Å². The van der Waals surface area contributed by atoms with E-state index in [1.165, 1.54) is 0 Å². The molecule has 0 aliphatic rings. The lowest BCUT2D eigenvalue weighted by Gasteiger charge is -2.09. The van der Waals surface area contributed by atoms with E-state index in [-0.39, 0.29) is 24.4 Å². The van der Waals surface area contributed by atoms with Crippen molar-refractivity contribution in [2.24, 2.45) is 0 Å². The Labute approximate surface area is 102 Å². The van der Waals surface area contributed by atoms with Gasteiger partial charge in [0.15, 0.2) is 0 Å². The lowest BCUT2D eigenvalue weighted by molar-refractivity contribution is -0.121. The van der Waals surface area contributed by atoms with Crippen LogP contribution in [-0.2, 0) is 9.53 Å². The second-order valence-electron chi connectivity index (χ2n) is 3.85. The van der Waals surface area contributed by atoms with Crippen LogP contribution in [0.15, 0.2) is 0 Å². The van der Waals surface area contributed by atoms with Gasteiger partial charge in [-0.1, -0.05) is 0 Å². The minimum atomic E-state index is -0.276. The molecule has 0 heterocycles. The molecule has 3 amide bonds. The molecule has 0 spiro atoms. The first-order valence-corrected chi connectivity index (χ1v) is 5.95. The molecule has 0 bridgehead atoms. The van der Waals surface area contributed by atoms with E-state index in [9.17, 15) is 9.59 Å². The second-order valence-corrected chi connectivity index (χ2v) is 3.85. The average molecular weight is 245 g/mol. The summed E-state index contributed by atoms with van der Waals surface area (Å²) in [5.41, 5.74) is 0. The monoisotopic (exact) mass is 245 g/mol. The Morgan fingerprint density at radius 1 is 1.18 bits per heavy atom. The van der Waals surface area contributed by atoms with Gasteiger partial charge in [0.25, 0.3) is 0 Å². The Bertz CT molecular complexity index is 232. The molecule has 0 radical (unpaired) electrons. The van der Waals surface area contributed by atoms with E-state index in [0.717, 1.165) is 0 Å². The van der Waals surface area contributed by atoms with Crippen LogP contribution in [0.1, 0.15) is 27.2 Å². The second kappa shape index (κ2) is 9.89. The first kappa shape index (κ1) is 15.7. The Morgan fingerprint density at radius 3 is 2.41 bits per heavy atom. The highest BCUT2D eigenvalue weighted by molar-refractivity contribution is 5.78. The van der Waals surface area contributed by atoms with Crippen molar-refractivity contribution in [2.45, 2.75) is 33.2 Å². The Morgan fingerprint density at radius 2 is 1.82 bits per heavy atom. The van der Waals surface area contributed by atoms with Crippen LogP contribution in [0.2, 0.25) is 0 Å². The first-order chi connectivity index (χ1) is 8.06. The third kappa shape index (κ3) is 11.0. The number of amides is 3. The van der Waals surface area contributed by atoms with Crippen LogP contribution >= 0.6 is 0 Å². The van der Waals surface area contributed by atoms with Gasteiger partial charge in [0, 0.05) is 32.2 Å². The van der Waals surface area contributed by atoms with Crippen molar-refractivity contribution in [1.29, 1.82) is 0 Å². The molecule has 0 aromatic rings. The van der Waals surface area contributed by atoms with Crippen molar-refractivity contribution < 1.29 is 14.3 Å². The summed E-state index contributed by atoms with van der Waals surface area (Å²) in [7, 11) is 0. The lowest BCUT2D eigenvalue weighted by atomic mass is 10.3. The van der Waals surface area contributed by atoms with Crippen LogP contribution in [0.25, 0.3) is 0 Å². The van der Waals surface area contributed by atoms with Crippen molar-refractivity contribution >= 4 is 11.9 Å². The van der Waals surface area contributed by atoms with Gasteiger partial charge in [-0.25, -0.2) is 4.79 Å². The van der Waals surface area contributed by atoms with Crippen molar-refractivity contribution in [2.75, 3.05) is 26.3 Å². The minimum absolute atomic E-state index is 0.0605. The number of urea groups is 1. The van der Waals surface area contributed by atoms with Gasteiger partial charge in [-0.2, -0.15) is 0 Å². The smallest absolute Gasteiger partial charge is 0.314 e. The largest absolute Gasteiger partial charge is 0.380 e. The molecule has 0 aliphatic carbocycles. The molecule has 0 aliphatic heterocycles. The SMILES string of the molecule is CCOCCNC(=O)NCCC(=O)NC(C)C. The third-order valence-corrected chi connectivity index (χ3v) is 1.82. The quantitative estimate of drug-likeness (QED) is 0.536. The van der Waals surface area contributed by atoms with Gasteiger partial charge in [0.05, 0.1) is 6.61 Å². The number of carbonyl (C=O) groups excluding carboxylic acids is 2. The molecule has 0 atom stereocenters. The number of hydrogen-bond donors (Lipinski definition) is 3. The fraction of sp³-hybridized carbons (Fsp3) is 0.818. The number of rotatable bonds is 8. The number of carbonyl (C=O) groups is 2. The molecule has 0 aromatic heterocycles. The lowest BCUT2D eigenvalue weighted by Crippen LogP contribution is -2.39. The Balaban J connectivity index is 3.41. The Hall–Kier alpha value is -1.30. The van der Waals surface area contributed by atoms with E-state index < -0.39 is 0 Å². The molecule has 0 unspecified atom stereocenters. The molecule has 0 fully saturated rings. The van der Waals surface area contributed by atoms with Crippen molar-refractivity contribution in [3.63, 3.8) is 0 Å². The maximum absolute atomic E-state index is 11.2. The van der Waals surface area contributed by atoms with E-state index >= 15 is 0 Å². The molecule has 0 aromatic carbocycles.